The number of hydrogen-bond acceptors (Lipinski definition) is 7. The van der Waals surface area contributed by atoms with Crippen LogP contribution in [0.5, 0.6) is 0 Å². The highest BCUT2D eigenvalue weighted by atomic mass is 32.2. The average Bonchev–Trinajstić information content (AvgIpc) is 3.57. The monoisotopic (exact) mass is 512 g/mol. The Kier molecular flexibility index (Phi) is 7.91. The largest absolute Gasteiger partial charge is 0.494 e. The van der Waals surface area contributed by atoms with E-state index in [0.29, 0.717) is 36.3 Å². The molecule has 3 atom stereocenters. The molecule has 2 aliphatic heterocycles. The molecule has 0 bridgehead atoms. The first kappa shape index (κ1) is 25.5. The van der Waals surface area contributed by atoms with Crippen LogP contribution in [0.4, 0.5) is 4.39 Å². The van der Waals surface area contributed by atoms with E-state index in [1.54, 1.807) is 31.2 Å². The summed E-state index contributed by atoms with van der Waals surface area (Å²) in [6, 6.07) is 6.39. The molecule has 3 fully saturated rings. The van der Waals surface area contributed by atoms with E-state index in [4.69, 9.17) is 9.47 Å². The third-order valence-electron chi connectivity index (χ3n) is 6.55. The Morgan fingerprint density at radius 3 is 2.53 bits per heavy atom. The van der Waals surface area contributed by atoms with Crippen molar-refractivity contribution in [1.29, 1.82) is 0 Å². The molecule has 1 aromatic carbocycles. The van der Waals surface area contributed by atoms with E-state index in [1.807, 2.05) is 6.92 Å². The van der Waals surface area contributed by atoms with Gasteiger partial charge in [-0.2, -0.15) is 0 Å². The Morgan fingerprint density at radius 1 is 1.26 bits per heavy atom. The number of rotatable bonds is 8. The van der Waals surface area contributed by atoms with E-state index in [0.717, 1.165) is 37.4 Å². The Labute approximate surface area is 205 Å². The van der Waals surface area contributed by atoms with Crippen LogP contribution in [0.1, 0.15) is 57.9 Å². The molecule has 10 heteroatoms. The third kappa shape index (κ3) is 5.61. The molecule has 0 aromatic heterocycles. The molecule has 34 heavy (non-hydrogen) atoms. The first-order valence-corrected chi connectivity index (χ1v) is 14.4. The molecule has 0 spiro atoms. The number of nitrogens with one attached hydrogen (secondary N) is 2. The number of halogens is 1. The summed E-state index contributed by atoms with van der Waals surface area (Å²) in [5, 5.41) is 5.38. The second kappa shape index (κ2) is 10.6. The molecule has 2 unspecified atom stereocenters. The molecule has 2 N–H and O–H groups in total. The van der Waals surface area contributed by atoms with E-state index in [-0.39, 0.29) is 30.1 Å². The maximum absolute atomic E-state index is 13.8. The second-order valence-electron chi connectivity index (χ2n) is 9.13. The van der Waals surface area contributed by atoms with E-state index in [9.17, 15) is 17.6 Å². The van der Waals surface area contributed by atoms with Gasteiger partial charge in [0.15, 0.2) is 15.3 Å². The first-order chi connectivity index (χ1) is 16.2. The summed E-state index contributed by atoms with van der Waals surface area (Å²) in [6.07, 6.45) is 5.11. The van der Waals surface area contributed by atoms with Crippen LogP contribution in [0.2, 0.25) is 0 Å². The molecule has 0 radical (unpaired) electrons. The molecule has 7 nitrogen and oxygen atoms in total. The summed E-state index contributed by atoms with van der Waals surface area (Å²) >= 11 is 1.02. The van der Waals surface area contributed by atoms with Crippen LogP contribution in [0.3, 0.4) is 0 Å². The molecule has 2 heterocycles. The maximum atomic E-state index is 13.8. The number of carbonyl (C=O) groups is 1. The van der Waals surface area contributed by atoms with Crippen molar-refractivity contribution >= 4 is 33.1 Å². The number of ether oxygens (including phenoxy) is 2. The van der Waals surface area contributed by atoms with Gasteiger partial charge in [0.05, 0.1) is 28.4 Å². The minimum absolute atomic E-state index is 0.0598. The summed E-state index contributed by atoms with van der Waals surface area (Å²) in [5.74, 6) is 0.179. The number of carbonyl (C=O) groups excluding carboxylic acids is 1. The Hall–Kier alpha value is -1.62. The van der Waals surface area contributed by atoms with E-state index in [1.165, 1.54) is 0 Å². The maximum Gasteiger partial charge on any atom is 0.257 e. The molecular weight excluding hydrogens is 479 g/mol. The highest BCUT2D eigenvalue weighted by molar-refractivity contribution is 8.01. The lowest BCUT2D eigenvalue weighted by molar-refractivity contribution is -0.116. The Bertz CT molecular complexity index is 1020. The summed E-state index contributed by atoms with van der Waals surface area (Å²) in [7, 11) is -3.51. The smallest absolute Gasteiger partial charge is 0.257 e. The molecular formula is C24H33FN2O5S2. The van der Waals surface area contributed by atoms with Gasteiger partial charge in [-0.25, -0.2) is 12.8 Å². The molecule has 188 valence electrons. The highest BCUT2D eigenvalue weighted by Crippen LogP contribution is 2.34. The second-order valence-corrected chi connectivity index (χ2v) is 12.9. The van der Waals surface area contributed by atoms with Crippen molar-refractivity contribution in [2.24, 2.45) is 0 Å². The molecule has 4 rings (SSSR count). The fraction of sp³-hybridized carbons (Fsp3) is 0.625. The lowest BCUT2D eigenvalue weighted by Crippen LogP contribution is -2.51. The SMILES string of the molecule is CC/C(OC1CCCC1)=C(\C(=O)NC1(C)NCC(F)S1)c1ccc(S(=O)(=O)[C@H]2CCOC2)cc1. The van der Waals surface area contributed by atoms with Crippen LogP contribution in [0.25, 0.3) is 5.57 Å². The van der Waals surface area contributed by atoms with Crippen molar-refractivity contribution in [1.82, 2.24) is 10.6 Å². The minimum Gasteiger partial charge on any atom is -0.494 e. The quantitative estimate of drug-likeness (QED) is 0.405. The van der Waals surface area contributed by atoms with Gasteiger partial charge in [0.2, 0.25) is 0 Å². The number of amides is 1. The number of benzene rings is 1. The van der Waals surface area contributed by atoms with Crippen LogP contribution < -0.4 is 10.6 Å². The van der Waals surface area contributed by atoms with Crippen molar-refractivity contribution in [3.63, 3.8) is 0 Å². The number of thioether (sulfide) groups is 1. The molecule has 2 saturated heterocycles. The van der Waals surface area contributed by atoms with Crippen molar-refractivity contribution in [3.05, 3.63) is 35.6 Å². The standard InChI is InChI=1S/C24H33FN2O5S2/c1-3-20(32-17-6-4-5-7-17)22(23(28)27-24(2)26-14-21(25)33-24)16-8-10-18(11-9-16)34(29,30)19-12-13-31-15-19/h8-11,17,19,21,26H,3-7,12-15H2,1-2H3,(H,27,28)/b22-20+/t19-,21?,24?/m0/s1. The number of allylic oxidation sites excluding steroid dienone is 1. The molecule has 3 aliphatic rings. The Balaban J connectivity index is 1.65. The van der Waals surface area contributed by atoms with Crippen molar-refractivity contribution in [3.8, 4) is 0 Å². The lowest BCUT2D eigenvalue weighted by Gasteiger charge is -2.27. The predicted octanol–water partition coefficient (Wildman–Crippen LogP) is 3.75. The van der Waals surface area contributed by atoms with Crippen LogP contribution in [0.15, 0.2) is 34.9 Å². The van der Waals surface area contributed by atoms with Gasteiger partial charge in [0, 0.05) is 19.6 Å². The van der Waals surface area contributed by atoms with E-state index >= 15 is 0 Å². The predicted molar refractivity (Wildman–Crippen MR) is 130 cm³/mol. The average molecular weight is 513 g/mol. The van der Waals surface area contributed by atoms with E-state index < -0.39 is 25.6 Å². The van der Waals surface area contributed by atoms with Gasteiger partial charge in [0.25, 0.3) is 5.91 Å². The molecule has 1 saturated carbocycles. The van der Waals surface area contributed by atoms with Crippen LogP contribution in [-0.4, -0.2) is 55.9 Å². The van der Waals surface area contributed by atoms with Crippen molar-refractivity contribution in [2.45, 2.75) is 79.1 Å². The van der Waals surface area contributed by atoms with Crippen LogP contribution in [-0.2, 0) is 24.1 Å². The summed E-state index contributed by atoms with van der Waals surface area (Å²) < 4.78 is 51.2. The molecule has 1 amide bonds. The number of sulfone groups is 1. The zero-order valence-corrected chi connectivity index (χ0v) is 21.3. The van der Waals surface area contributed by atoms with Gasteiger partial charge in [-0.05, 0) is 56.7 Å². The van der Waals surface area contributed by atoms with Crippen molar-refractivity contribution in [2.75, 3.05) is 19.8 Å². The van der Waals surface area contributed by atoms with Gasteiger partial charge < -0.3 is 14.8 Å². The van der Waals surface area contributed by atoms with Gasteiger partial charge in [-0.3, -0.25) is 10.1 Å². The highest BCUT2D eigenvalue weighted by Gasteiger charge is 2.38. The molecule has 1 aromatic rings. The summed E-state index contributed by atoms with van der Waals surface area (Å²) in [5.41, 5.74) is -0.187. The fourth-order valence-corrected chi connectivity index (χ4v) is 7.25. The normalized spacial score (nSPS) is 28.7. The van der Waals surface area contributed by atoms with Crippen LogP contribution >= 0.6 is 11.8 Å². The Morgan fingerprint density at radius 2 is 1.97 bits per heavy atom. The topological polar surface area (TPSA) is 93.7 Å². The summed E-state index contributed by atoms with van der Waals surface area (Å²) in [4.78, 5) is 12.8. The minimum atomic E-state index is -3.51. The summed E-state index contributed by atoms with van der Waals surface area (Å²) in [6.45, 7) is 4.45. The van der Waals surface area contributed by atoms with Crippen LogP contribution in [0, 0.1) is 0 Å². The van der Waals surface area contributed by atoms with E-state index in [2.05, 4.69) is 10.6 Å². The lowest BCUT2D eigenvalue weighted by atomic mass is 10.0. The van der Waals surface area contributed by atoms with Gasteiger partial charge in [0.1, 0.15) is 10.8 Å². The van der Waals surface area contributed by atoms with Gasteiger partial charge in [-0.15, -0.1) is 0 Å². The van der Waals surface area contributed by atoms with Gasteiger partial charge in [-0.1, -0.05) is 30.8 Å². The fourth-order valence-electron chi connectivity index (χ4n) is 4.67. The number of alkyl halides is 1. The van der Waals surface area contributed by atoms with Gasteiger partial charge >= 0.3 is 0 Å². The third-order valence-corrected chi connectivity index (χ3v) is 9.87. The number of hydrogen-bond donors (Lipinski definition) is 2. The first-order valence-electron chi connectivity index (χ1n) is 11.9. The molecule has 1 aliphatic carbocycles. The zero-order chi connectivity index (χ0) is 24.3. The zero-order valence-electron chi connectivity index (χ0n) is 19.6. The van der Waals surface area contributed by atoms with Crippen molar-refractivity contribution < 1.29 is 27.1 Å².